The van der Waals surface area contributed by atoms with E-state index in [0.29, 0.717) is 0 Å². The SMILES string of the molecule is COc1cccc2c1C(=O)c1c(O)c3c(c(O)c1C2=O)C[C@](O)(/C(C)=N/O)C[C@@H]3O[C@@H]1C[C@H](N)[C@@H](O)[C@H](C)O1. The third kappa shape index (κ3) is 4.07. The molecule has 2 aromatic carbocycles. The summed E-state index contributed by atoms with van der Waals surface area (Å²) >= 11 is 0. The average Bonchev–Trinajstić information content (AvgIpc) is 2.90. The molecule has 1 aliphatic heterocycles. The number of phenols is 2. The highest BCUT2D eigenvalue weighted by atomic mass is 16.7. The fraction of sp³-hybridized carbons (Fsp3) is 0.444. The van der Waals surface area contributed by atoms with E-state index < -0.39 is 70.4 Å². The lowest BCUT2D eigenvalue weighted by Gasteiger charge is -2.42. The van der Waals surface area contributed by atoms with Crippen molar-refractivity contribution >= 4 is 17.3 Å². The Morgan fingerprint density at radius 3 is 2.49 bits per heavy atom. The number of phenolic OH excluding ortho intramolecular Hbond substituents is 2. The highest BCUT2D eigenvalue weighted by molar-refractivity contribution is 6.31. The van der Waals surface area contributed by atoms with E-state index >= 15 is 0 Å². The van der Waals surface area contributed by atoms with Gasteiger partial charge in [-0.15, -0.1) is 0 Å². The van der Waals surface area contributed by atoms with Gasteiger partial charge in [0.25, 0.3) is 0 Å². The molecule has 0 amide bonds. The highest BCUT2D eigenvalue weighted by Crippen LogP contribution is 2.52. The molecular formula is C27H30N2O10. The molecule has 2 aliphatic carbocycles. The number of hydrogen-bond acceptors (Lipinski definition) is 12. The van der Waals surface area contributed by atoms with Crippen molar-refractivity contribution in [3.05, 3.63) is 51.6 Å². The first-order valence-corrected chi connectivity index (χ1v) is 12.5. The first kappa shape index (κ1) is 27.0. The Bertz CT molecular complexity index is 1390. The first-order chi connectivity index (χ1) is 18.4. The molecule has 6 atom stereocenters. The maximum Gasteiger partial charge on any atom is 0.202 e. The number of aliphatic hydroxyl groups excluding tert-OH is 1. The van der Waals surface area contributed by atoms with Gasteiger partial charge in [-0.3, -0.25) is 9.59 Å². The standard InChI is InChI=1S/C27H30N2O10/c1-10-22(30)14(28)7-17(38-10)39-16-9-27(35,11(2)29-36)8-13-19(16)26(34)21-20(24(13)32)23(31)12-5-4-6-15(37-3)18(12)25(21)33/h4-6,10,14,16-17,22,30,32,34-36H,7-9,28H2,1-3H3/b29-11+/t10-,14-,16-,17+,22-,27+/m0/s1. The topological polar surface area (TPSA) is 201 Å². The Balaban J connectivity index is 1.69. The molecule has 2 aromatic rings. The number of nitrogens with zero attached hydrogens (tertiary/aromatic N) is 1. The van der Waals surface area contributed by atoms with Gasteiger partial charge in [0.05, 0.1) is 47.8 Å². The van der Waals surface area contributed by atoms with Gasteiger partial charge in [-0.2, -0.15) is 0 Å². The average molecular weight is 543 g/mol. The molecule has 3 aliphatic rings. The van der Waals surface area contributed by atoms with Crippen molar-refractivity contribution in [2.75, 3.05) is 7.11 Å². The number of oxime groups is 1. The lowest BCUT2D eigenvalue weighted by molar-refractivity contribution is -0.245. The molecule has 1 heterocycles. The van der Waals surface area contributed by atoms with E-state index in [1.807, 2.05) is 0 Å². The second-order valence-electron chi connectivity index (χ2n) is 10.3. The lowest BCUT2D eigenvalue weighted by atomic mass is 9.72. The van der Waals surface area contributed by atoms with Crippen LogP contribution in [0.2, 0.25) is 0 Å². The van der Waals surface area contributed by atoms with E-state index in [4.69, 9.17) is 19.9 Å². The van der Waals surface area contributed by atoms with Crippen LogP contribution < -0.4 is 10.5 Å². The zero-order valence-corrected chi connectivity index (χ0v) is 21.5. The summed E-state index contributed by atoms with van der Waals surface area (Å²) < 4.78 is 17.2. The van der Waals surface area contributed by atoms with Gasteiger partial charge < -0.3 is 45.6 Å². The number of aliphatic hydroxyl groups is 2. The Labute approximate surface area is 223 Å². The third-order valence-electron chi connectivity index (χ3n) is 7.97. The maximum atomic E-state index is 13.7. The monoisotopic (exact) mass is 542 g/mol. The van der Waals surface area contributed by atoms with Gasteiger partial charge in [-0.1, -0.05) is 17.3 Å². The molecular weight excluding hydrogens is 512 g/mol. The van der Waals surface area contributed by atoms with Crippen LogP contribution in [0.25, 0.3) is 0 Å². The summed E-state index contributed by atoms with van der Waals surface area (Å²) in [5.41, 5.74) is 3.14. The van der Waals surface area contributed by atoms with E-state index in [9.17, 15) is 35.2 Å². The minimum atomic E-state index is -1.85. The summed E-state index contributed by atoms with van der Waals surface area (Å²) in [6, 6.07) is 3.77. The van der Waals surface area contributed by atoms with Crippen LogP contribution >= 0.6 is 0 Å². The predicted octanol–water partition coefficient (Wildman–Crippen LogP) is 1.29. The van der Waals surface area contributed by atoms with Crippen molar-refractivity contribution in [2.45, 2.75) is 69.4 Å². The van der Waals surface area contributed by atoms with Gasteiger partial charge in [0.1, 0.15) is 22.8 Å². The number of aromatic hydroxyl groups is 2. The summed E-state index contributed by atoms with van der Waals surface area (Å²) in [5, 5.41) is 57.1. The second-order valence-corrected chi connectivity index (χ2v) is 10.3. The molecule has 1 saturated heterocycles. The normalized spacial score (nSPS) is 30.4. The van der Waals surface area contributed by atoms with Crippen LogP contribution in [0.1, 0.15) is 75.8 Å². The molecule has 12 nitrogen and oxygen atoms in total. The minimum absolute atomic E-state index is 0.00869. The van der Waals surface area contributed by atoms with E-state index in [0.717, 1.165) is 0 Å². The number of ketones is 2. The number of carbonyl (C=O) groups excluding carboxylic acids is 2. The summed E-state index contributed by atoms with van der Waals surface area (Å²) in [5.74, 6) is -2.51. The van der Waals surface area contributed by atoms with Crippen LogP contribution in [0, 0.1) is 0 Å². The quantitative estimate of drug-likeness (QED) is 0.120. The van der Waals surface area contributed by atoms with Gasteiger partial charge in [-0.25, -0.2) is 0 Å². The van der Waals surface area contributed by atoms with Crippen LogP contribution in [0.4, 0.5) is 0 Å². The van der Waals surface area contributed by atoms with Crippen LogP contribution in [-0.4, -0.2) is 80.2 Å². The Morgan fingerprint density at radius 1 is 1.15 bits per heavy atom. The van der Waals surface area contributed by atoms with Gasteiger partial charge in [0.15, 0.2) is 12.1 Å². The molecule has 5 rings (SSSR count). The molecule has 7 N–H and O–H groups in total. The maximum absolute atomic E-state index is 13.7. The molecule has 39 heavy (non-hydrogen) atoms. The van der Waals surface area contributed by atoms with Crippen molar-refractivity contribution in [3.8, 4) is 17.2 Å². The molecule has 0 radical (unpaired) electrons. The predicted molar refractivity (Wildman–Crippen MR) is 135 cm³/mol. The second kappa shape index (κ2) is 9.57. The van der Waals surface area contributed by atoms with E-state index in [-0.39, 0.29) is 53.0 Å². The van der Waals surface area contributed by atoms with Crippen LogP contribution in [0.3, 0.4) is 0 Å². The summed E-state index contributed by atoms with van der Waals surface area (Å²) in [4.78, 5) is 27.2. The first-order valence-electron chi connectivity index (χ1n) is 12.5. The number of hydrogen-bond donors (Lipinski definition) is 6. The summed E-state index contributed by atoms with van der Waals surface area (Å²) in [7, 11) is 1.34. The fourth-order valence-electron chi connectivity index (χ4n) is 5.76. The molecule has 0 bridgehead atoms. The molecule has 1 fully saturated rings. The van der Waals surface area contributed by atoms with Crippen molar-refractivity contribution < 1.29 is 49.4 Å². The zero-order valence-electron chi connectivity index (χ0n) is 21.5. The Morgan fingerprint density at radius 2 is 1.85 bits per heavy atom. The number of nitrogens with two attached hydrogens (primary N) is 1. The number of ether oxygens (including phenoxy) is 3. The number of carbonyl (C=O) groups is 2. The van der Waals surface area contributed by atoms with Gasteiger partial charge in [0, 0.05) is 42.0 Å². The largest absolute Gasteiger partial charge is 0.507 e. The number of benzene rings is 2. The van der Waals surface area contributed by atoms with Crippen molar-refractivity contribution in [1.82, 2.24) is 0 Å². The molecule has 0 aromatic heterocycles. The highest BCUT2D eigenvalue weighted by Gasteiger charge is 2.49. The van der Waals surface area contributed by atoms with E-state index in [2.05, 4.69) is 5.16 Å². The fourth-order valence-corrected chi connectivity index (χ4v) is 5.76. The lowest BCUT2D eigenvalue weighted by Crippen LogP contribution is -2.52. The Hall–Kier alpha value is -3.55. The van der Waals surface area contributed by atoms with Crippen molar-refractivity contribution in [1.29, 1.82) is 0 Å². The molecule has 12 heteroatoms. The van der Waals surface area contributed by atoms with E-state index in [1.165, 1.54) is 32.2 Å². The van der Waals surface area contributed by atoms with Gasteiger partial charge in [-0.05, 0) is 19.9 Å². The van der Waals surface area contributed by atoms with Gasteiger partial charge in [0.2, 0.25) is 5.78 Å². The molecule has 0 unspecified atom stereocenters. The van der Waals surface area contributed by atoms with Crippen LogP contribution in [0.15, 0.2) is 23.4 Å². The van der Waals surface area contributed by atoms with Crippen molar-refractivity contribution in [2.24, 2.45) is 10.9 Å². The smallest absolute Gasteiger partial charge is 0.202 e. The van der Waals surface area contributed by atoms with Crippen molar-refractivity contribution in [3.63, 3.8) is 0 Å². The van der Waals surface area contributed by atoms with Gasteiger partial charge >= 0.3 is 0 Å². The summed E-state index contributed by atoms with van der Waals surface area (Å²) in [6.07, 6.45) is -4.34. The molecule has 0 spiro atoms. The number of methoxy groups -OCH3 is 1. The van der Waals surface area contributed by atoms with E-state index in [1.54, 1.807) is 6.92 Å². The minimum Gasteiger partial charge on any atom is -0.507 e. The third-order valence-corrected chi connectivity index (χ3v) is 7.97. The molecule has 208 valence electrons. The van der Waals surface area contributed by atoms with Crippen LogP contribution in [0.5, 0.6) is 17.2 Å². The number of fused-ring (bicyclic) bond motifs is 3. The summed E-state index contributed by atoms with van der Waals surface area (Å²) in [6.45, 7) is 2.99. The Kier molecular flexibility index (Phi) is 6.64. The molecule has 0 saturated carbocycles. The number of rotatable bonds is 4. The zero-order chi connectivity index (χ0) is 28.4. The van der Waals surface area contributed by atoms with Crippen LogP contribution in [-0.2, 0) is 15.9 Å².